The van der Waals surface area contributed by atoms with Gasteiger partial charge in [-0.3, -0.25) is 9.78 Å². The van der Waals surface area contributed by atoms with E-state index in [0.29, 0.717) is 16.3 Å². The topological polar surface area (TPSA) is 89.2 Å². The van der Waals surface area contributed by atoms with Gasteiger partial charge in [0.25, 0.3) is 5.03 Å². The number of hydrogen-bond acceptors (Lipinski definition) is 5. The number of methoxy groups -OCH3 is 1. The van der Waals surface area contributed by atoms with E-state index >= 15 is 0 Å². The van der Waals surface area contributed by atoms with Crippen molar-refractivity contribution in [2.75, 3.05) is 18.2 Å². The van der Waals surface area contributed by atoms with E-state index < -0.39 is 0 Å². The second-order valence-corrected chi connectivity index (χ2v) is 8.11. The number of pyridine rings is 2. The minimum atomic E-state index is -0.169. The minimum Gasteiger partial charge on any atom is -0.497 e. The van der Waals surface area contributed by atoms with E-state index in [4.69, 9.17) is 4.74 Å². The first-order valence-electron chi connectivity index (χ1n) is 9.97. The lowest BCUT2D eigenvalue weighted by atomic mass is 10.0. The third kappa shape index (κ3) is 4.56. The Hall–Kier alpha value is -3.89. The Bertz CT molecular complexity index is 1330. The number of aromatic nitrogens is 2. The maximum absolute atomic E-state index is 12.7. The molecule has 0 aliphatic carbocycles. The molecule has 1 amide bonds. The summed E-state index contributed by atoms with van der Waals surface area (Å²) in [6, 6.07) is 21.3. The Morgan fingerprint density at radius 2 is 1.97 bits per heavy atom. The molecule has 0 atom stereocenters. The number of carbonyl (C=O) groups is 1. The van der Waals surface area contributed by atoms with Gasteiger partial charge in [0.05, 0.1) is 24.1 Å². The number of fused-ring (bicyclic) bond motifs is 1. The van der Waals surface area contributed by atoms with E-state index in [1.54, 1.807) is 13.3 Å². The van der Waals surface area contributed by atoms with Gasteiger partial charge in [0.15, 0.2) is 5.69 Å². The normalized spacial score (nSPS) is 10.5. The molecule has 0 aliphatic rings. The number of nitriles is 1. The van der Waals surface area contributed by atoms with Crippen molar-refractivity contribution in [1.29, 1.82) is 5.26 Å². The van der Waals surface area contributed by atoms with Gasteiger partial charge in [-0.25, -0.2) is 4.98 Å². The molecule has 0 radical (unpaired) electrons. The third-order valence-electron chi connectivity index (χ3n) is 4.94. The van der Waals surface area contributed by atoms with Crippen LogP contribution >= 0.6 is 11.8 Å². The molecule has 0 bridgehead atoms. The molecule has 2 heterocycles. The number of aromatic amines is 1. The summed E-state index contributed by atoms with van der Waals surface area (Å²) in [5.41, 5.74) is 4.54. The molecular formula is C25H21N4O2S+. The molecule has 0 saturated heterocycles. The Morgan fingerprint density at radius 1 is 1.19 bits per heavy atom. The van der Waals surface area contributed by atoms with Crippen LogP contribution in [0.5, 0.6) is 5.75 Å². The summed E-state index contributed by atoms with van der Waals surface area (Å²) in [5.74, 6) is 0.735. The van der Waals surface area contributed by atoms with Crippen molar-refractivity contribution >= 4 is 34.3 Å². The zero-order chi connectivity index (χ0) is 22.5. The van der Waals surface area contributed by atoms with Crippen LogP contribution in [0.2, 0.25) is 0 Å². The van der Waals surface area contributed by atoms with Crippen molar-refractivity contribution in [2.45, 2.75) is 11.9 Å². The number of carbonyl (C=O) groups excluding carboxylic acids is 1. The molecule has 2 N–H and O–H groups in total. The van der Waals surface area contributed by atoms with E-state index in [-0.39, 0.29) is 11.7 Å². The van der Waals surface area contributed by atoms with Crippen LogP contribution in [0, 0.1) is 18.3 Å². The summed E-state index contributed by atoms with van der Waals surface area (Å²) in [4.78, 5) is 20.3. The lowest BCUT2D eigenvalue weighted by molar-refractivity contribution is -0.435. The standard InChI is InChI=1S/C25H20N4O2S/c1-16-13-20(17-8-10-19(31-2)11-9-17)21(14-26)25(28-16)32-15-23(30)29-22-7-3-5-18-6-4-12-27-24(18)22/h3-13H,15H2,1-2H3,(H,29,30)/p+1. The summed E-state index contributed by atoms with van der Waals surface area (Å²) in [5, 5.41) is 14.4. The van der Waals surface area contributed by atoms with Crippen molar-refractivity contribution in [3.8, 4) is 22.9 Å². The zero-order valence-corrected chi connectivity index (χ0v) is 18.5. The lowest BCUT2D eigenvalue weighted by Gasteiger charge is -2.09. The number of hydrogen-bond donors (Lipinski definition) is 1. The molecule has 4 aromatic rings. The van der Waals surface area contributed by atoms with Crippen molar-refractivity contribution in [1.82, 2.24) is 4.98 Å². The molecule has 2 aromatic heterocycles. The fourth-order valence-electron chi connectivity index (χ4n) is 3.44. The molecular weight excluding hydrogens is 420 g/mol. The predicted octanol–water partition coefficient (Wildman–Crippen LogP) is 4.64. The van der Waals surface area contributed by atoms with E-state index in [1.165, 1.54) is 11.8 Å². The van der Waals surface area contributed by atoms with E-state index in [9.17, 15) is 10.1 Å². The average Bonchev–Trinajstić information content (AvgIpc) is 2.82. The average molecular weight is 442 g/mol. The predicted molar refractivity (Wildman–Crippen MR) is 126 cm³/mol. The molecule has 4 rings (SSSR count). The number of nitrogens with one attached hydrogen (secondary N) is 2. The van der Waals surface area contributed by atoms with Gasteiger partial charge in [0, 0.05) is 30.1 Å². The van der Waals surface area contributed by atoms with Crippen LogP contribution in [0.4, 0.5) is 5.69 Å². The summed E-state index contributed by atoms with van der Waals surface area (Å²) in [6.07, 6.45) is 1.70. The molecule has 0 aliphatic heterocycles. The van der Waals surface area contributed by atoms with Crippen molar-refractivity contribution in [3.63, 3.8) is 0 Å². The number of aryl methyl sites for hydroxylation is 1. The third-order valence-corrected chi connectivity index (χ3v) is 5.94. The van der Waals surface area contributed by atoms with Crippen molar-refractivity contribution in [3.05, 3.63) is 78.1 Å². The highest BCUT2D eigenvalue weighted by atomic mass is 32.2. The molecule has 158 valence electrons. The van der Waals surface area contributed by atoms with Gasteiger partial charge in [-0.05, 0) is 41.6 Å². The van der Waals surface area contributed by atoms with Gasteiger partial charge < -0.3 is 10.1 Å². The molecule has 0 spiro atoms. The van der Waals surface area contributed by atoms with Crippen LogP contribution in [0.25, 0.3) is 22.0 Å². The number of H-pyrrole nitrogens is 1. The maximum atomic E-state index is 12.7. The largest absolute Gasteiger partial charge is 0.497 e. The molecule has 32 heavy (non-hydrogen) atoms. The summed E-state index contributed by atoms with van der Waals surface area (Å²) in [6.45, 7) is 1.93. The first-order chi connectivity index (χ1) is 15.6. The minimum absolute atomic E-state index is 0.153. The highest BCUT2D eigenvalue weighted by Gasteiger charge is 2.20. The highest BCUT2D eigenvalue weighted by molar-refractivity contribution is 7.99. The molecule has 6 nitrogen and oxygen atoms in total. The molecule has 7 heteroatoms. The van der Waals surface area contributed by atoms with Gasteiger partial charge >= 0.3 is 0 Å². The second-order valence-electron chi connectivity index (χ2n) is 7.13. The first-order valence-corrected chi connectivity index (χ1v) is 11.0. The van der Waals surface area contributed by atoms with Crippen molar-refractivity contribution in [2.24, 2.45) is 0 Å². The van der Waals surface area contributed by atoms with Crippen LogP contribution in [-0.2, 0) is 4.79 Å². The first kappa shape index (κ1) is 21.3. The number of benzene rings is 2. The van der Waals surface area contributed by atoms with Gasteiger partial charge in [0.2, 0.25) is 5.91 Å². The van der Waals surface area contributed by atoms with Gasteiger partial charge in [0.1, 0.15) is 17.4 Å². The number of para-hydroxylation sites is 1. The van der Waals surface area contributed by atoms with Gasteiger partial charge in [-0.1, -0.05) is 30.3 Å². The Kier molecular flexibility index (Phi) is 6.34. The Labute approximate surface area is 190 Å². The lowest BCUT2D eigenvalue weighted by Crippen LogP contribution is -2.18. The van der Waals surface area contributed by atoms with Gasteiger partial charge in [-0.2, -0.15) is 5.26 Å². The fraction of sp³-hybridized carbons (Fsp3) is 0.120. The monoisotopic (exact) mass is 441 g/mol. The molecule has 0 unspecified atom stereocenters. The van der Waals surface area contributed by atoms with Gasteiger partial charge in [-0.15, -0.1) is 0 Å². The Morgan fingerprint density at radius 3 is 2.72 bits per heavy atom. The number of thioether (sulfide) groups is 1. The zero-order valence-electron chi connectivity index (χ0n) is 17.7. The Balaban J connectivity index is 1.55. The molecule has 0 fully saturated rings. The number of anilines is 1. The summed E-state index contributed by atoms with van der Waals surface area (Å²) in [7, 11) is 1.62. The molecule has 2 aromatic carbocycles. The fourth-order valence-corrected chi connectivity index (χ4v) is 4.32. The van der Waals surface area contributed by atoms with Crippen LogP contribution in [-0.4, -0.2) is 23.8 Å². The smallest absolute Gasteiger partial charge is 0.257 e. The number of rotatable bonds is 6. The number of amides is 1. The van der Waals surface area contributed by atoms with E-state index in [2.05, 4.69) is 21.4 Å². The van der Waals surface area contributed by atoms with Crippen LogP contribution in [0.15, 0.2) is 71.9 Å². The van der Waals surface area contributed by atoms with Crippen molar-refractivity contribution < 1.29 is 14.5 Å². The van der Waals surface area contributed by atoms with E-state index in [1.807, 2.05) is 67.6 Å². The van der Waals surface area contributed by atoms with E-state index in [0.717, 1.165) is 33.5 Å². The highest BCUT2D eigenvalue weighted by Crippen LogP contribution is 2.30. The molecule has 0 saturated carbocycles. The summed E-state index contributed by atoms with van der Waals surface area (Å²) < 4.78 is 5.23. The number of nitrogens with zero attached hydrogens (tertiary/aromatic N) is 2. The van der Waals surface area contributed by atoms with Crippen LogP contribution in [0.3, 0.4) is 0 Å². The van der Waals surface area contributed by atoms with Crippen LogP contribution < -0.4 is 15.0 Å². The number of ether oxygens (including phenoxy) is 1. The summed E-state index contributed by atoms with van der Waals surface area (Å²) >= 11 is 1.30. The second kappa shape index (κ2) is 9.50. The van der Waals surface area contributed by atoms with Crippen LogP contribution in [0.1, 0.15) is 11.3 Å². The quantitative estimate of drug-likeness (QED) is 0.441. The SMILES string of the molecule is COc1ccc(-c2cc(C)[nH+]c(SCC(=O)Nc3cccc4cccnc34)c2C#N)cc1. The maximum Gasteiger partial charge on any atom is 0.257 e.